The Hall–Kier alpha value is -0.370. The Morgan fingerprint density at radius 1 is 1.60 bits per heavy atom. The summed E-state index contributed by atoms with van der Waals surface area (Å²) in [6.45, 7) is 6.38. The molecule has 0 aromatic heterocycles. The second-order valence-electron chi connectivity index (χ2n) is 3.87. The second-order valence-corrected chi connectivity index (χ2v) is 3.87. The van der Waals surface area contributed by atoms with Gasteiger partial charge in [0.05, 0.1) is 6.04 Å². The summed E-state index contributed by atoms with van der Waals surface area (Å²) in [4.78, 5) is 10.4. The maximum atomic E-state index is 10.4. The molecule has 10 heavy (non-hydrogen) atoms. The number of rotatable bonds is 1. The van der Waals surface area contributed by atoms with Crippen molar-refractivity contribution < 1.29 is 4.79 Å². The summed E-state index contributed by atoms with van der Waals surface area (Å²) >= 11 is 0. The molecule has 0 saturated carbocycles. The first-order chi connectivity index (χ1) is 4.55. The normalized spacial score (nSPS) is 37.9. The van der Waals surface area contributed by atoms with E-state index in [9.17, 15) is 4.79 Å². The minimum atomic E-state index is 0.0787. The van der Waals surface area contributed by atoms with Crippen LogP contribution in [0, 0.1) is 5.92 Å². The average molecular weight is 141 g/mol. The average Bonchev–Trinajstić information content (AvgIpc) is 2.05. The zero-order chi connectivity index (χ0) is 7.78. The highest BCUT2D eigenvalue weighted by Gasteiger charge is 2.35. The molecule has 2 heteroatoms. The highest BCUT2D eigenvalue weighted by molar-refractivity contribution is 5.59. The Morgan fingerprint density at radius 3 is 2.40 bits per heavy atom. The molecule has 0 spiro atoms. The molecule has 0 aromatic rings. The van der Waals surface area contributed by atoms with Gasteiger partial charge >= 0.3 is 0 Å². The van der Waals surface area contributed by atoms with Crippen molar-refractivity contribution in [3.63, 3.8) is 0 Å². The van der Waals surface area contributed by atoms with Crippen molar-refractivity contribution in [3.05, 3.63) is 0 Å². The van der Waals surface area contributed by atoms with E-state index in [1.165, 1.54) is 0 Å². The molecular weight excluding hydrogens is 126 g/mol. The fourth-order valence-corrected chi connectivity index (χ4v) is 1.75. The summed E-state index contributed by atoms with van der Waals surface area (Å²) in [6, 6.07) is 0.0787. The fourth-order valence-electron chi connectivity index (χ4n) is 1.75. The molecule has 1 heterocycles. The molecule has 1 rings (SSSR count). The molecule has 0 radical (unpaired) electrons. The third kappa shape index (κ3) is 1.37. The van der Waals surface area contributed by atoms with Crippen molar-refractivity contribution >= 4 is 6.29 Å². The van der Waals surface area contributed by atoms with Crippen LogP contribution in [0.3, 0.4) is 0 Å². The van der Waals surface area contributed by atoms with E-state index in [1.54, 1.807) is 0 Å². The number of nitrogens with one attached hydrogen (secondary N) is 1. The molecule has 58 valence electrons. The van der Waals surface area contributed by atoms with Crippen LogP contribution in [-0.4, -0.2) is 17.9 Å². The van der Waals surface area contributed by atoms with Gasteiger partial charge in [-0.05, 0) is 26.2 Å². The maximum Gasteiger partial charge on any atom is 0.137 e. The SMILES string of the molecule is C[C@H]1CC(C)(C)NC1C=O. The molecule has 1 aliphatic heterocycles. The summed E-state index contributed by atoms with van der Waals surface area (Å²) in [5, 5.41) is 3.26. The highest BCUT2D eigenvalue weighted by atomic mass is 16.1. The molecular formula is C8H15NO. The summed E-state index contributed by atoms with van der Waals surface area (Å²) in [5.41, 5.74) is 0.158. The minimum Gasteiger partial charge on any atom is -0.302 e. The van der Waals surface area contributed by atoms with E-state index < -0.39 is 0 Å². The lowest BCUT2D eigenvalue weighted by Crippen LogP contribution is -2.38. The van der Waals surface area contributed by atoms with Gasteiger partial charge in [0.2, 0.25) is 0 Å². The Balaban J connectivity index is 2.60. The second kappa shape index (κ2) is 2.35. The highest BCUT2D eigenvalue weighted by Crippen LogP contribution is 2.26. The van der Waals surface area contributed by atoms with Crippen molar-refractivity contribution in [2.75, 3.05) is 0 Å². The molecule has 0 bridgehead atoms. The van der Waals surface area contributed by atoms with Gasteiger partial charge in [-0.1, -0.05) is 6.92 Å². The monoisotopic (exact) mass is 141 g/mol. The van der Waals surface area contributed by atoms with E-state index in [4.69, 9.17) is 0 Å². The minimum absolute atomic E-state index is 0.0787. The number of hydrogen-bond donors (Lipinski definition) is 1. The summed E-state index contributed by atoms with van der Waals surface area (Å²) in [7, 11) is 0. The summed E-state index contributed by atoms with van der Waals surface area (Å²) in [5.74, 6) is 0.493. The predicted octanol–water partition coefficient (Wildman–Crippen LogP) is 0.962. The Kier molecular flexibility index (Phi) is 1.82. The van der Waals surface area contributed by atoms with E-state index in [0.29, 0.717) is 5.92 Å². The molecule has 0 aromatic carbocycles. The molecule has 1 unspecified atom stereocenters. The van der Waals surface area contributed by atoms with E-state index in [1.807, 2.05) is 0 Å². The Morgan fingerprint density at radius 2 is 2.20 bits per heavy atom. The smallest absolute Gasteiger partial charge is 0.137 e. The van der Waals surface area contributed by atoms with Gasteiger partial charge in [-0.2, -0.15) is 0 Å². The van der Waals surface area contributed by atoms with Crippen LogP contribution in [0.5, 0.6) is 0 Å². The molecule has 0 amide bonds. The van der Waals surface area contributed by atoms with Gasteiger partial charge in [0.1, 0.15) is 6.29 Å². The molecule has 0 aliphatic carbocycles. The van der Waals surface area contributed by atoms with Crippen LogP contribution in [0.1, 0.15) is 27.2 Å². The molecule has 1 fully saturated rings. The van der Waals surface area contributed by atoms with Crippen molar-refractivity contribution in [2.24, 2.45) is 5.92 Å². The predicted molar refractivity (Wildman–Crippen MR) is 40.8 cm³/mol. The fraction of sp³-hybridized carbons (Fsp3) is 0.875. The van der Waals surface area contributed by atoms with E-state index in [0.717, 1.165) is 12.7 Å². The standard InChI is InChI=1S/C8H15NO/c1-6-4-8(2,3)9-7(6)5-10/h5-7,9H,4H2,1-3H3/t6-,7?/m0/s1. The Labute approximate surface area is 62.0 Å². The summed E-state index contributed by atoms with van der Waals surface area (Å²) < 4.78 is 0. The first kappa shape index (κ1) is 7.73. The van der Waals surface area contributed by atoms with Crippen LogP contribution in [0.25, 0.3) is 0 Å². The van der Waals surface area contributed by atoms with E-state index >= 15 is 0 Å². The lowest BCUT2D eigenvalue weighted by molar-refractivity contribution is -0.110. The van der Waals surface area contributed by atoms with Crippen LogP contribution >= 0.6 is 0 Å². The van der Waals surface area contributed by atoms with Crippen molar-refractivity contribution in [1.29, 1.82) is 0 Å². The largest absolute Gasteiger partial charge is 0.302 e. The molecule has 1 N–H and O–H groups in total. The van der Waals surface area contributed by atoms with Gasteiger partial charge in [-0.15, -0.1) is 0 Å². The van der Waals surface area contributed by atoms with Gasteiger partial charge in [-0.25, -0.2) is 0 Å². The molecule has 2 nitrogen and oxygen atoms in total. The van der Waals surface area contributed by atoms with Crippen LogP contribution < -0.4 is 5.32 Å². The lowest BCUT2D eigenvalue weighted by Gasteiger charge is -2.17. The Bertz CT molecular complexity index is 142. The van der Waals surface area contributed by atoms with Crippen molar-refractivity contribution in [1.82, 2.24) is 5.32 Å². The molecule has 1 aliphatic rings. The number of aldehydes is 1. The quantitative estimate of drug-likeness (QED) is 0.551. The number of carbonyl (C=O) groups excluding carboxylic acids is 1. The van der Waals surface area contributed by atoms with Crippen molar-refractivity contribution in [2.45, 2.75) is 38.8 Å². The van der Waals surface area contributed by atoms with Gasteiger partial charge in [-0.3, -0.25) is 0 Å². The van der Waals surface area contributed by atoms with Crippen molar-refractivity contribution in [3.8, 4) is 0 Å². The van der Waals surface area contributed by atoms with Crippen LogP contribution in [0.2, 0.25) is 0 Å². The zero-order valence-corrected chi connectivity index (χ0v) is 6.85. The van der Waals surface area contributed by atoms with Gasteiger partial charge in [0, 0.05) is 5.54 Å². The van der Waals surface area contributed by atoms with Gasteiger partial charge in [0.15, 0.2) is 0 Å². The maximum absolute atomic E-state index is 10.4. The van der Waals surface area contributed by atoms with Gasteiger partial charge in [0.25, 0.3) is 0 Å². The first-order valence-electron chi connectivity index (χ1n) is 3.78. The number of hydrogen-bond acceptors (Lipinski definition) is 2. The lowest BCUT2D eigenvalue weighted by atomic mass is 9.96. The molecule has 1 saturated heterocycles. The van der Waals surface area contributed by atoms with Crippen LogP contribution in [-0.2, 0) is 4.79 Å². The van der Waals surface area contributed by atoms with E-state index in [2.05, 4.69) is 26.1 Å². The third-order valence-electron chi connectivity index (χ3n) is 2.15. The summed E-state index contributed by atoms with van der Waals surface area (Å²) in [6.07, 6.45) is 2.11. The third-order valence-corrected chi connectivity index (χ3v) is 2.15. The van der Waals surface area contributed by atoms with Crippen LogP contribution in [0.4, 0.5) is 0 Å². The van der Waals surface area contributed by atoms with Gasteiger partial charge < -0.3 is 10.1 Å². The topological polar surface area (TPSA) is 29.1 Å². The number of carbonyl (C=O) groups is 1. The van der Waals surface area contributed by atoms with Crippen LogP contribution in [0.15, 0.2) is 0 Å². The zero-order valence-electron chi connectivity index (χ0n) is 6.85. The van der Waals surface area contributed by atoms with E-state index in [-0.39, 0.29) is 11.6 Å². The molecule has 2 atom stereocenters. The first-order valence-corrected chi connectivity index (χ1v) is 3.78.